The van der Waals surface area contributed by atoms with Crippen LogP contribution in [0.5, 0.6) is 0 Å². The second-order valence-electron chi connectivity index (χ2n) is 5.04. The van der Waals surface area contributed by atoms with E-state index in [2.05, 4.69) is 18.6 Å². The second-order valence-corrected chi connectivity index (χ2v) is 7.12. The lowest BCUT2D eigenvalue weighted by molar-refractivity contribution is 0.588. The van der Waals surface area contributed by atoms with Gasteiger partial charge in [0.2, 0.25) is 10.0 Å². The van der Waals surface area contributed by atoms with Gasteiger partial charge in [-0.15, -0.1) is 11.6 Å². The molecule has 0 saturated heterocycles. The van der Waals surface area contributed by atoms with Crippen molar-refractivity contribution in [2.45, 2.75) is 33.1 Å². The van der Waals surface area contributed by atoms with Crippen LogP contribution in [0.15, 0.2) is 24.3 Å². The summed E-state index contributed by atoms with van der Waals surface area (Å²) in [6, 6.07) is 7.55. The highest BCUT2D eigenvalue weighted by Crippen LogP contribution is 2.27. The van der Waals surface area contributed by atoms with Gasteiger partial charge in [0.15, 0.2) is 0 Å². The fraction of sp³-hybridized carbons (Fsp3) is 0.571. The second kappa shape index (κ2) is 7.15. The van der Waals surface area contributed by atoms with Crippen LogP contribution in [-0.4, -0.2) is 20.1 Å². The molecule has 0 radical (unpaired) electrons. The summed E-state index contributed by atoms with van der Waals surface area (Å²) < 4.78 is 26.8. The van der Waals surface area contributed by atoms with E-state index in [0.29, 0.717) is 17.5 Å². The Balaban J connectivity index is 2.93. The molecule has 2 unspecified atom stereocenters. The van der Waals surface area contributed by atoms with Gasteiger partial charge in [-0.3, -0.25) is 4.72 Å². The van der Waals surface area contributed by atoms with Crippen molar-refractivity contribution >= 4 is 27.3 Å². The zero-order valence-electron chi connectivity index (χ0n) is 11.7. The maximum absolute atomic E-state index is 12.1. The molecule has 0 heterocycles. The number of hydrogen-bond donors (Lipinski definition) is 1. The van der Waals surface area contributed by atoms with E-state index in [0.717, 1.165) is 12.0 Å². The van der Waals surface area contributed by atoms with Crippen LogP contribution in [0.4, 0.5) is 5.69 Å². The Labute approximate surface area is 121 Å². The topological polar surface area (TPSA) is 46.2 Å². The minimum absolute atomic E-state index is 0.0470. The van der Waals surface area contributed by atoms with Crippen LogP contribution in [0, 0.1) is 5.92 Å². The fourth-order valence-electron chi connectivity index (χ4n) is 1.87. The first kappa shape index (κ1) is 16.3. The number of benzene rings is 1. The van der Waals surface area contributed by atoms with Gasteiger partial charge in [-0.2, -0.15) is 0 Å². The number of rotatable bonds is 7. The molecule has 0 aromatic heterocycles. The van der Waals surface area contributed by atoms with E-state index in [4.69, 9.17) is 11.6 Å². The maximum Gasteiger partial charge on any atom is 0.233 e. The van der Waals surface area contributed by atoms with E-state index in [1.54, 1.807) is 0 Å². The monoisotopic (exact) mass is 303 g/mol. The molecule has 2 atom stereocenters. The number of para-hydroxylation sites is 1. The van der Waals surface area contributed by atoms with Gasteiger partial charge in [0.25, 0.3) is 0 Å². The van der Waals surface area contributed by atoms with Crippen LogP contribution >= 0.6 is 11.6 Å². The van der Waals surface area contributed by atoms with E-state index < -0.39 is 10.0 Å². The first-order chi connectivity index (χ1) is 8.89. The maximum atomic E-state index is 12.1. The molecular weight excluding hydrogens is 282 g/mol. The van der Waals surface area contributed by atoms with Gasteiger partial charge in [0.05, 0.1) is 11.4 Å². The summed E-state index contributed by atoms with van der Waals surface area (Å²) in [4.78, 5) is 0. The van der Waals surface area contributed by atoms with Gasteiger partial charge >= 0.3 is 0 Å². The van der Waals surface area contributed by atoms with Gasteiger partial charge in [0, 0.05) is 5.88 Å². The number of sulfonamides is 1. The summed E-state index contributed by atoms with van der Waals surface area (Å²) in [6.07, 6.45) is 0.969. The predicted octanol–water partition coefficient (Wildman–Crippen LogP) is 3.82. The van der Waals surface area contributed by atoms with Crippen LogP contribution < -0.4 is 4.72 Å². The van der Waals surface area contributed by atoms with E-state index in [1.807, 2.05) is 31.2 Å². The first-order valence-electron chi connectivity index (χ1n) is 6.55. The molecule has 108 valence electrons. The highest BCUT2D eigenvalue weighted by molar-refractivity contribution is 7.92. The van der Waals surface area contributed by atoms with Gasteiger partial charge in [0.1, 0.15) is 0 Å². The quantitative estimate of drug-likeness (QED) is 0.778. The van der Waals surface area contributed by atoms with Crippen molar-refractivity contribution in [2.24, 2.45) is 5.92 Å². The van der Waals surface area contributed by atoms with Gasteiger partial charge in [-0.05, 0) is 29.9 Å². The van der Waals surface area contributed by atoms with Crippen LogP contribution in [0.25, 0.3) is 0 Å². The standard InChI is InChI=1S/C14H22ClNO2S/c1-4-12(3)13-7-5-6-8-14(13)16-19(17,18)10-11(2)9-15/h5-8,11-12,16H,4,9-10H2,1-3H3. The Hall–Kier alpha value is -0.740. The van der Waals surface area contributed by atoms with Crippen molar-refractivity contribution in [1.29, 1.82) is 0 Å². The molecule has 0 saturated carbocycles. The first-order valence-corrected chi connectivity index (χ1v) is 8.73. The molecule has 0 fully saturated rings. The number of nitrogens with one attached hydrogen (secondary N) is 1. The Morgan fingerprint density at radius 1 is 1.26 bits per heavy atom. The molecule has 0 aliphatic carbocycles. The number of halogens is 1. The molecule has 0 spiro atoms. The lowest BCUT2D eigenvalue weighted by Crippen LogP contribution is -2.22. The molecule has 1 aromatic rings. The van der Waals surface area contributed by atoms with Gasteiger partial charge in [-0.25, -0.2) is 8.42 Å². The van der Waals surface area contributed by atoms with E-state index in [1.165, 1.54) is 0 Å². The Morgan fingerprint density at radius 3 is 2.47 bits per heavy atom. The fourth-order valence-corrected chi connectivity index (χ4v) is 3.58. The molecular formula is C14H22ClNO2S. The number of alkyl halides is 1. The van der Waals surface area contributed by atoms with Crippen LogP contribution in [0.3, 0.4) is 0 Å². The smallest absolute Gasteiger partial charge is 0.233 e. The predicted molar refractivity (Wildman–Crippen MR) is 82.4 cm³/mol. The van der Waals surface area contributed by atoms with Crippen molar-refractivity contribution in [3.05, 3.63) is 29.8 Å². The minimum atomic E-state index is -3.34. The van der Waals surface area contributed by atoms with Crippen molar-refractivity contribution in [3.63, 3.8) is 0 Å². The summed E-state index contributed by atoms with van der Waals surface area (Å²) in [7, 11) is -3.34. The number of hydrogen-bond acceptors (Lipinski definition) is 2. The summed E-state index contributed by atoms with van der Waals surface area (Å²) >= 11 is 5.67. The summed E-state index contributed by atoms with van der Waals surface area (Å²) in [5, 5.41) is 0. The minimum Gasteiger partial charge on any atom is -0.283 e. The molecule has 0 aliphatic rings. The van der Waals surface area contributed by atoms with Crippen LogP contribution in [-0.2, 0) is 10.0 Å². The molecule has 3 nitrogen and oxygen atoms in total. The molecule has 1 N–H and O–H groups in total. The van der Waals surface area contributed by atoms with Crippen LogP contribution in [0.2, 0.25) is 0 Å². The largest absolute Gasteiger partial charge is 0.283 e. The van der Waals surface area contributed by atoms with E-state index >= 15 is 0 Å². The van der Waals surface area contributed by atoms with Crippen molar-refractivity contribution < 1.29 is 8.42 Å². The molecule has 0 bridgehead atoms. The van der Waals surface area contributed by atoms with E-state index in [9.17, 15) is 8.42 Å². The SMILES string of the molecule is CCC(C)c1ccccc1NS(=O)(=O)CC(C)CCl. The molecule has 19 heavy (non-hydrogen) atoms. The normalized spacial score (nSPS) is 14.9. The lowest BCUT2D eigenvalue weighted by Gasteiger charge is -2.17. The molecule has 5 heteroatoms. The average Bonchev–Trinajstić information content (AvgIpc) is 2.37. The van der Waals surface area contributed by atoms with Crippen molar-refractivity contribution in [1.82, 2.24) is 0 Å². The zero-order valence-corrected chi connectivity index (χ0v) is 13.3. The van der Waals surface area contributed by atoms with Crippen LogP contribution in [0.1, 0.15) is 38.7 Å². The molecule has 1 aromatic carbocycles. The zero-order chi connectivity index (χ0) is 14.5. The van der Waals surface area contributed by atoms with Gasteiger partial charge in [-0.1, -0.05) is 39.0 Å². The molecule has 0 amide bonds. The average molecular weight is 304 g/mol. The Morgan fingerprint density at radius 2 is 1.89 bits per heavy atom. The van der Waals surface area contributed by atoms with Crippen molar-refractivity contribution in [3.8, 4) is 0 Å². The summed E-state index contributed by atoms with van der Waals surface area (Å²) in [5.41, 5.74) is 1.71. The Kier molecular flexibility index (Phi) is 6.14. The lowest BCUT2D eigenvalue weighted by atomic mass is 9.97. The third kappa shape index (κ3) is 5.03. The van der Waals surface area contributed by atoms with E-state index in [-0.39, 0.29) is 11.7 Å². The Bertz CT molecular complexity index is 502. The molecule has 0 aliphatic heterocycles. The third-order valence-electron chi connectivity index (χ3n) is 3.14. The molecule has 1 rings (SSSR count). The summed E-state index contributed by atoms with van der Waals surface area (Å²) in [6.45, 7) is 6.01. The van der Waals surface area contributed by atoms with Gasteiger partial charge < -0.3 is 0 Å². The highest BCUT2D eigenvalue weighted by atomic mass is 35.5. The third-order valence-corrected chi connectivity index (χ3v) is 5.20. The summed E-state index contributed by atoms with van der Waals surface area (Å²) in [5.74, 6) is 0.651. The van der Waals surface area contributed by atoms with Crippen molar-refractivity contribution in [2.75, 3.05) is 16.4 Å². The number of anilines is 1. The highest BCUT2D eigenvalue weighted by Gasteiger charge is 2.17.